The number of aromatic nitrogens is 2. The van der Waals surface area contributed by atoms with Gasteiger partial charge in [-0.25, -0.2) is 0 Å². The fourth-order valence-corrected chi connectivity index (χ4v) is 2.80. The van der Waals surface area contributed by atoms with Crippen LogP contribution in [0.1, 0.15) is 32.3 Å². The molecule has 0 bridgehead atoms. The number of rotatable bonds is 5. The molecule has 1 aliphatic heterocycles. The van der Waals surface area contributed by atoms with Crippen molar-refractivity contribution in [3.63, 3.8) is 0 Å². The summed E-state index contributed by atoms with van der Waals surface area (Å²) in [6, 6.07) is 0.583. The minimum Gasteiger partial charge on any atom is -0.310 e. The van der Waals surface area contributed by atoms with Gasteiger partial charge in [0.15, 0.2) is 0 Å². The first kappa shape index (κ1) is 13.6. The van der Waals surface area contributed by atoms with E-state index in [4.69, 9.17) is 0 Å². The first-order valence-electron chi connectivity index (χ1n) is 7.12. The molecule has 0 radical (unpaired) electrons. The van der Waals surface area contributed by atoms with E-state index in [9.17, 15) is 0 Å². The number of nitrogens with one attached hydrogen (secondary N) is 1. The van der Waals surface area contributed by atoms with Crippen LogP contribution in [-0.4, -0.2) is 40.4 Å². The maximum absolute atomic E-state index is 4.20. The first-order chi connectivity index (χ1) is 8.69. The van der Waals surface area contributed by atoms with Crippen molar-refractivity contribution >= 4 is 0 Å². The Morgan fingerprint density at radius 2 is 2.39 bits per heavy atom. The summed E-state index contributed by atoms with van der Waals surface area (Å²) in [5.41, 5.74) is 1.27. The molecule has 4 nitrogen and oxygen atoms in total. The van der Waals surface area contributed by atoms with Crippen molar-refractivity contribution in [1.82, 2.24) is 20.0 Å². The first-order valence-corrected chi connectivity index (χ1v) is 7.12. The van der Waals surface area contributed by atoms with Crippen molar-refractivity contribution in [3.05, 3.63) is 18.0 Å². The number of aryl methyl sites for hydroxylation is 1. The SMILES string of the molecule is CCN1CCCC(C(C)NCc2cnn(C)c2)C1. The van der Waals surface area contributed by atoms with Crippen LogP contribution in [0.25, 0.3) is 0 Å². The third-order valence-electron chi connectivity index (χ3n) is 4.08. The molecular formula is C14H26N4. The standard InChI is InChI=1S/C14H26N4/c1-4-18-7-5-6-14(11-18)12(2)15-8-13-9-16-17(3)10-13/h9-10,12,14-15H,4-8,11H2,1-3H3. The largest absolute Gasteiger partial charge is 0.310 e. The Labute approximate surface area is 110 Å². The van der Waals surface area contributed by atoms with E-state index in [1.54, 1.807) is 0 Å². The predicted octanol–water partition coefficient (Wildman–Crippen LogP) is 1.63. The molecule has 102 valence electrons. The normalized spacial score (nSPS) is 23.2. The Hall–Kier alpha value is -0.870. The smallest absolute Gasteiger partial charge is 0.0534 e. The van der Waals surface area contributed by atoms with E-state index in [-0.39, 0.29) is 0 Å². The fourth-order valence-electron chi connectivity index (χ4n) is 2.80. The average molecular weight is 250 g/mol. The Kier molecular flexibility index (Phi) is 4.78. The zero-order chi connectivity index (χ0) is 13.0. The highest BCUT2D eigenvalue weighted by atomic mass is 15.2. The van der Waals surface area contributed by atoms with Crippen LogP contribution in [0.5, 0.6) is 0 Å². The van der Waals surface area contributed by atoms with Gasteiger partial charge in [-0.15, -0.1) is 0 Å². The monoisotopic (exact) mass is 250 g/mol. The van der Waals surface area contributed by atoms with E-state index in [0.717, 1.165) is 12.5 Å². The third kappa shape index (κ3) is 3.56. The third-order valence-corrected chi connectivity index (χ3v) is 4.08. The van der Waals surface area contributed by atoms with Crippen molar-refractivity contribution in [2.75, 3.05) is 19.6 Å². The molecule has 1 aromatic heterocycles. The zero-order valence-corrected chi connectivity index (χ0v) is 11.9. The molecule has 1 N–H and O–H groups in total. The van der Waals surface area contributed by atoms with E-state index < -0.39 is 0 Å². The molecular weight excluding hydrogens is 224 g/mol. The lowest BCUT2D eigenvalue weighted by Crippen LogP contribution is -2.44. The lowest BCUT2D eigenvalue weighted by Gasteiger charge is -2.35. The summed E-state index contributed by atoms with van der Waals surface area (Å²) in [5.74, 6) is 0.787. The summed E-state index contributed by atoms with van der Waals surface area (Å²) < 4.78 is 1.86. The van der Waals surface area contributed by atoms with Crippen LogP contribution in [0, 0.1) is 5.92 Å². The van der Waals surface area contributed by atoms with Crippen LogP contribution in [0.2, 0.25) is 0 Å². The molecule has 0 amide bonds. The maximum atomic E-state index is 4.20. The summed E-state index contributed by atoms with van der Waals surface area (Å²) in [6.45, 7) is 9.22. The molecule has 1 aromatic rings. The van der Waals surface area contributed by atoms with Crippen molar-refractivity contribution in [2.24, 2.45) is 13.0 Å². The van der Waals surface area contributed by atoms with E-state index in [1.807, 2.05) is 17.9 Å². The van der Waals surface area contributed by atoms with Gasteiger partial charge in [-0.3, -0.25) is 4.68 Å². The minimum absolute atomic E-state index is 0.583. The van der Waals surface area contributed by atoms with Crippen LogP contribution in [0.4, 0.5) is 0 Å². The number of likely N-dealkylation sites (tertiary alicyclic amines) is 1. The van der Waals surface area contributed by atoms with Gasteiger partial charge in [-0.2, -0.15) is 5.10 Å². The molecule has 0 saturated carbocycles. The predicted molar refractivity (Wildman–Crippen MR) is 74.3 cm³/mol. The molecule has 4 heteroatoms. The van der Waals surface area contributed by atoms with Crippen molar-refractivity contribution in [1.29, 1.82) is 0 Å². The van der Waals surface area contributed by atoms with E-state index >= 15 is 0 Å². The summed E-state index contributed by atoms with van der Waals surface area (Å²) in [7, 11) is 1.97. The Balaban J connectivity index is 1.78. The van der Waals surface area contributed by atoms with Crippen LogP contribution in [0.3, 0.4) is 0 Å². The molecule has 1 saturated heterocycles. The van der Waals surface area contributed by atoms with Crippen LogP contribution in [-0.2, 0) is 13.6 Å². The van der Waals surface area contributed by atoms with Gasteiger partial charge in [0.1, 0.15) is 0 Å². The number of hydrogen-bond acceptors (Lipinski definition) is 3. The molecule has 2 heterocycles. The molecule has 0 aromatic carbocycles. The summed E-state index contributed by atoms with van der Waals surface area (Å²) in [4.78, 5) is 2.57. The van der Waals surface area contributed by atoms with Crippen LogP contribution in [0.15, 0.2) is 12.4 Å². The molecule has 2 atom stereocenters. The Morgan fingerprint density at radius 1 is 1.56 bits per heavy atom. The van der Waals surface area contributed by atoms with Gasteiger partial charge in [-0.05, 0) is 38.8 Å². The summed E-state index contributed by atoms with van der Waals surface area (Å²) in [5, 5.41) is 7.85. The minimum atomic E-state index is 0.583. The van der Waals surface area contributed by atoms with Gasteiger partial charge >= 0.3 is 0 Å². The number of hydrogen-bond donors (Lipinski definition) is 1. The number of nitrogens with zero attached hydrogens (tertiary/aromatic N) is 3. The highest BCUT2D eigenvalue weighted by molar-refractivity contribution is 5.03. The second-order valence-electron chi connectivity index (χ2n) is 5.49. The highest BCUT2D eigenvalue weighted by Gasteiger charge is 2.23. The molecule has 18 heavy (non-hydrogen) atoms. The molecule has 1 aliphatic rings. The van der Waals surface area contributed by atoms with Crippen molar-refractivity contribution in [2.45, 2.75) is 39.3 Å². The molecule has 1 fully saturated rings. The number of piperidine rings is 1. The van der Waals surface area contributed by atoms with Crippen LogP contribution < -0.4 is 5.32 Å². The van der Waals surface area contributed by atoms with Crippen LogP contribution >= 0.6 is 0 Å². The van der Waals surface area contributed by atoms with Gasteiger partial charge < -0.3 is 10.2 Å². The molecule has 2 unspecified atom stereocenters. The lowest BCUT2D eigenvalue weighted by molar-refractivity contribution is 0.157. The Morgan fingerprint density at radius 3 is 3.06 bits per heavy atom. The van der Waals surface area contributed by atoms with Gasteiger partial charge in [0.25, 0.3) is 0 Å². The topological polar surface area (TPSA) is 33.1 Å². The highest BCUT2D eigenvalue weighted by Crippen LogP contribution is 2.19. The Bertz CT molecular complexity index is 360. The van der Waals surface area contributed by atoms with Gasteiger partial charge in [0.2, 0.25) is 0 Å². The van der Waals surface area contributed by atoms with Crippen molar-refractivity contribution < 1.29 is 0 Å². The fraction of sp³-hybridized carbons (Fsp3) is 0.786. The molecule has 0 aliphatic carbocycles. The second-order valence-corrected chi connectivity index (χ2v) is 5.49. The van der Waals surface area contributed by atoms with E-state index in [2.05, 4.69) is 35.4 Å². The van der Waals surface area contributed by atoms with Gasteiger partial charge in [-0.1, -0.05) is 6.92 Å². The quantitative estimate of drug-likeness (QED) is 0.862. The maximum Gasteiger partial charge on any atom is 0.0534 e. The van der Waals surface area contributed by atoms with E-state index in [1.165, 1.54) is 38.0 Å². The van der Waals surface area contributed by atoms with Gasteiger partial charge in [0.05, 0.1) is 6.20 Å². The van der Waals surface area contributed by atoms with E-state index in [0.29, 0.717) is 6.04 Å². The second kappa shape index (κ2) is 6.34. The summed E-state index contributed by atoms with van der Waals surface area (Å²) >= 11 is 0. The van der Waals surface area contributed by atoms with Gasteiger partial charge in [0, 0.05) is 37.9 Å². The zero-order valence-electron chi connectivity index (χ0n) is 11.9. The lowest BCUT2D eigenvalue weighted by atomic mass is 9.91. The molecule has 0 spiro atoms. The van der Waals surface area contributed by atoms with Crippen molar-refractivity contribution in [3.8, 4) is 0 Å². The molecule has 2 rings (SSSR count). The average Bonchev–Trinajstić information content (AvgIpc) is 2.82. The summed E-state index contributed by atoms with van der Waals surface area (Å²) in [6.07, 6.45) is 6.73.